The molecular formula is C19H23ClN2O2. The highest BCUT2D eigenvalue weighted by Crippen LogP contribution is 2.22. The molecule has 0 saturated carbocycles. The van der Waals surface area contributed by atoms with Gasteiger partial charge in [-0.05, 0) is 42.0 Å². The number of β-amino-alcohol motifs (C(OH)–C–C–N with tert-alkyl or cyclic N) is 1. The fourth-order valence-electron chi connectivity index (χ4n) is 3.05. The first kappa shape index (κ1) is 17.1. The number of piperazine rings is 1. The molecular weight excluding hydrogens is 324 g/mol. The second kappa shape index (κ2) is 7.88. The topological polar surface area (TPSA) is 35.9 Å². The highest BCUT2D eigenvalue weighted by Gasteiger charge is 2.20. The van der Waals surface area contributed by atoms with Crippen molar-refractivity contribution in [2.45, 2.75) is 6.10 Å². The minimum absolute atomic E-state index is 0.503. The third kappa shape index (κ3) is 4.20. The Labute approximate surface area is 148 Å². The molecule has 2 aromatic rings. The van der Waals surface area contributed by atoms with Crippen molar-refractivity contribution in [3.63, 3.8) is 0 Å². The molecule has 0 aromatic heterocycles. The number of benzene rings is 2. The van der Waals surface area contributed by atoms with E-state index in [9.17, 15) is 5.11 Å². The first-order chi connectivity index (χ1) is 11.7. The lowest BCUT2D eigenvalue weighted by molar-refractivity contribution is 0.109. The fourth-order valence-corrected chi connectivity index (χ4v) is 3.24. The first-order valence-corrected chi connectivity index (χ1v) is 8.58. The average molecular weight is 347 g/mol. The lowest BCUT2D eigenvalue weighted by Crippen LogP contribution is -2.47. The summed E-state index contributed by atoms with van der Waals surface area (Å²) in [6.45, 7) is 4.41. The number of anilines is 1. The van der Waals surface area contributed by atoms with Crippen LogP contribution in [0.4, 0.5) is 5.69 Å². The normalized spacial score (nSPS) is 16.9. The molecule has 0 aliphatic carbocycles. The van der Waals surface area contributed by atoms with Crippen LogP contribution in [0.2, 0.25) is 5.02 Å². The van der Waals surface area contributed by atoms with E-state index in [0.29, 0.717) is 11.6 Å². The summed E-state index contributed by atoms with van der Waals surface area (Å²) in [5.41, 5.74) is 2.09. The highest BCUT2D eigenvalue weighted by atomic mass is 35.5. The largest absolute Gasteiger partial charge is 0.497 e. The highest BCUT2D eigenvalue weighted by molar-refractivity contribution is 6.30. The molecule has 128 valence electrons. The Morgan fingerprint density at radius 2 is 1.79 bits per heavy atom. The van der Waals surface area contributed by atoms with Crippen LogP contribution in [0.3, 0.4) is 0 Å². The molecule has 1 aliphatic rings. The van der Waals surface area contributed by atoms with Crippen molar-refractivity contribution in [3.05, 3.63) is 59.1 Å². The van der Waals surface area contributed by atoms with Crippen LogP contribution in [0.15, 0.2) is 48.5 Å². The van der Waals surface area contributed by atoms with Crippen molar-refractivity contribution in [1.82, 2.24) is 4.90 Å². The van der Waals surface area contributed by atoms with Crippen molar-refractivity contribution in [2.24, 2.45) is 0 Å². The molecule has 1 N–H and O–H groups in total. The maximum absolute atomic E-state index is 10.4. The minimum atomic E-state index is -0.503. The molecule has 2 aromatic carbocycles. The number of rotatable bonds is 5. The van der Waals surface area contributed by atoms with Gasteiger partial charge in [-0.3, -0.25) is 4.90 Å². The zero-order valence-electron chi connectivity index (χ0n) is 13.9. The summed E-state index contributed by atoms with van der Waals surface area (Å²) in [7, 11) is 1.68. The fraction of sp³-hybridized carbons (Fsp3) is 0.368. The first-order valence-electron chi connectivity index (χ1n) is 8.20. The zero-order chi connectivity index (χ0) is 16.9. The summed E-state index contributed by atoms with van der Waals surface area (Å²) in [4.78, 5) is 4.66. The maximum atomic E-state index is 10.4. The standard InChI is InChI=1S/C19H23ClN2O2/c1-24-18-7-5-17(6-8-18)22-11-9-21(10-12-22)14-19(23)15-3-2-4-16(20)13-15/h2-8,13,19,23H,9-12,14H2,1H3/t19-/m0/s1. The maximum Gasteiger partial charge on any atom is 0.119 e. The van der Waals surface area contributed by atoms with Crippen molar-refractivity contribution in [3.8, 4) is 5.75 Å². The monoisotopic (exact) mass is 346 g/mol. The zero-order valence-corrected chi connectivity index (χ0v) is 14.6. The van der Waals surface area contributed by atoms with E-state index in [1.165, 1.54) is 5.69 Å². The SMILES string of the molecule is COc1ccc(N2CCN(C[C@H](O)c3cccc(Cl)c3)CC2)cc1. The van der Waals surface area contributed by atoms with Gasteiger partial charge in [-0.15, -0.1) is 0 Å². The van der Waals surface area contributed by atoms with Gasteiger partial charge >= 0.3 is 0 Å². The van der Waals surface area contributed by atoms with Crippen molar-refractivity contribution >= 4 is 17.3 Å². The second-order valence-electron chi connectivity index (χ2n) is 6.06. The van der Waals surface area contributed by atoms with E-state index < -0.39 is 6.10 Å². The van der Waals surface area contributed by atoms with Gasteiger partial charge < -0.3 is 14.7 Å². The van der Waals surface area contributed by atoms with Gasteiger partial charge in [-0.2, -0.15) is 0 Å². The van der Waals surface area contributed by atoms with Gasteiger partial charge in [0.1, 0.15) is 5.75 Å². The van der Waals surface area contributed by atoms with E-state index in [0.717, 1.165) is 37.5 Å². The molecule has 0 unspecified atom stereocenters. The van der Waals surface area contributed by atoms with Crippen LogP contribution in [0.5, 0.6) is 5.75 Å². The number of methoxy groups -OCH3 is 1. The molecule has 1 heterocycles. The molecule has 0 amide bonds. The molecule has 1 fully saturated rings. The smallest absolute Gasteiger partial charge is 0.119 e. The van der Waals surface area contributed by atoms with Crippen LogP contribution in [-0.2, 0) is 0 Å². The van der Waals surface area contributed by atoms with Gasteiger partial charge in [-0.25, -0.2) is 0 Å². The molecule has 1 atom stereocenters. The van der Waals surface area contributed by atoms with Crippen LogP contribution >= 0.6 is 11.6 Å². The number of nitrogens with zero attached hydrogens (tertiary/aromatic N) is 2. The van der Waals surface area contributed by atoms with Gasteiger partial charge in [0.05, 0.1) is 13.2 Å². The lowest BCUT2D eigenvalue weighted by Gasteiger charge is -2.37. The molecule has 0 bridgehead atoms. The molecule has 24 heavy (non-hydrogen) atoms. The summed E-state index contributed by atoms with van der Waals surface area (Å²) in [6, 6.07) is 15.6. The Hall–Kier alpha value is -1.75. The van der Waals surface area contributed by atoms with Gasteiger partial charge in [-0.1, -0.05) is 23.7 Å². The number of ether oxygens (including phenoxy) is 1. The lowest BCUT2D eigenvalue weighted by atomic mass is 10.1. The Kier molecular flexibility index (Phi) is 5.61. The molecule has 4 nitrogen and oxygen atoms in total. The van der Waals surface area contributed by atoms with Gasteiger partial charge in [0.25, 0.3) is 0 Å². The molecule has 3 rings (SSSR count). The number of hydrogen-bond acceptors (Lipinski definition) is 4. The molecule has 1 aliphatic heterocycles. The average Bonchev–Trinajstić information content (AvgIpc) is 2.62. The Morgan fingerprint density at radius 3 is 2.42 bits per heavy atom. The van der Waals surface area contributed by atoms with Crippen molar-refractivity contribution in [1.29, 1.82) is 0 Å². The predicted molar refractivity (Wildman–Crippen MR) is 98.1 cm³/mol. The summed E-state index contributed by atoms with van der Waals surface area (Å²) in [5.74, 6) is 0.877. The van der Waals surface area contributed by atoms with Crippen LogP contribution in [-0.4, -0.2) is 49.8 Å². The van der Waals surface area contributed by atoms with E-state index in [1.807, 2.05) is 36.4 Å². The second-order valence-corrected chi connectivity index (χ2v) is 6.49. The number of hydrogen-bond donors (Lipinski definition) is 1. The quantitative estimate of drug-likeness (QED) is 0.902. The van der Waals surface area contributed by atoms with E-state index in [2.05, 4.69) is 21.9 Å². The summed E-state index contributed by atoms with van der Waals surface area (Å²) >= 11 is 6.00. The van der Waals surface area contributed by atoms with E-state index >= 15 is 0 Å². The number of aliphatic hydroxyl groups is 1. The molecule has 0 spiro atoms. The molecule has 1 saturated heterocycles. The van der Waals surface area contributed by atoms with Gasteiger partial charge in [0.2, 0.25) is 0 Å². The van der Waals surface area contributed by atoms with E-state index in [4.69, 9.17) is 16.3 Å². The van der Waals surface area contributed by atoms with Crippen LogP contribution in [0, 0.1) is 0 Å². The van der Waals surface area contributed by atoms with Crippen LogP contribution < -0.4 is 9.64 Å². The Balaban J connectivity index is 1.53. The summed E-state index contributed by atoms with van der Waals surface area (Å²) in [5, 5.41) is 11.1. The summed E-state index contributed by atoms with van der Waals surface area (Å²) in [6.07, 6.45) is -0.503. The van der Waals surface area contributed by atoms with Gasteiger partial charge in [0, 0.05) is 43.4 Å². The van der Waals surface area contributed by atoms with Crippen molar-refractivity contribution < 1.29 is 9.84 Å². The molecule has 0 radical (unpaired) electrons. The van der Waals surface area contributed by atoms with E-state index in [1.54, 1.807) is 7.11 Å². The summed E-state index contributed by atoms with van der Waals surface area (Å²) < 4.78 is 5.20. The minimum Gasteiger partial charge on any atom is -0.497 e. The number of aliphatic hydroxyl groups excluding tert-OH is 1. The predicted octanol–water partition coefficient (Wildman–Crippen LogP) is 3.20. The van der Waals surface area contributed by atoms with Gasteiger partial charge in [0.15, 0.2) is 0 Å². The Morgan fingerprint density at radius 1 is 1.08 bits per heavy atom. The van der Waals surface area contributed by atoms with E-state index in [-0.39, 0.29) is 0 Å². The molecule has 5 heteroatoms. The van der Waals surface area contributed by atoms with Crippen molar-refractivity contribution in [2.75, 3.05) is 44.7 Å². The van der Waals surface area contributed by atoms with Crippen LogP contribution in [0.25, 0.3) is 0 Å². The van der Waals surface area contributed by atoms with Crippen LogP contribution in [0.1, 0.15) is 11.7 Å². The third-order valence-electron chi connectivity index (χ3n) is 4.47. The third-order valence-corrected chi connectivity index (χ3v) is 4.71. The number of halogens is 1. The Bertz CT molecular complexity index is 655.